The number of amides is 2. The number of carbonyl (C=O) groups is 1. The highest BCUT2D eigenvalue weighted by atomic mass is 16.5. The number of hydrogen-bond donors (Lipinski definition) is 1. The Hall–Kier alpha value is -3.48. The van der Waals surface area contributed by atoms with Crippen LogP contribution >= 0.6 is 0 Å². The highest BCUT2D eigenvalue weighted by Crippen LogP contribution is 2.35. The average molecular weight is 437 g/mol. The van der Waals surface area contributed by atoms with Crippen molar-refractivity contribution in [1.29, 1.82) is 0 Å². The van der Waals surface area contributed by atoms with E-state index in [1.54, 1.807) is 11.8 Å². The summed E-state index contributed by atoms with van der Waals surface area (Å²) in [5.41, 5.74) is 2.64. The number of benzene rings is 2. The van der Waals surface area contributed by atoms with Gasteiger partial charge in [-0.3, -0.25) is 0 Å². The van der Waals surface area contributed by atoms with E-state index in [2.05, 4.69) is 12.2 Å². The number of hydrogen-bond acceptors (Lipinski definition) is 4. The van der Waals surface area contributed by atoms with Gasteiger partial charge in [0.1, 0.15) is 17.2 Å². The van der Waals surface area contributed by atoms with Crippen LogP contribution in [-0.4, -0.2) is 40.9 Å². The topological polar surface area (TPSA) is 68.6 Å². The molecule has 0 fully saturated rings. The number of ether oxygens (including phenoxy) is 2. The predicted molar refractivity (Wildman–Crippen MR) is 126 cm³/mol. The van der Waals surface area contributed by atoms with E-state index in [0.717, 1.165) is 29.7 Å². The maximum absolute atomic E-state index is 12.8. The lowest BCUT2D eigenvalue weighted by molar-refractivity contribution is 0.194. The Kier molecular flexibility index (Phi) is 8.14. The van der Waals surface area contributed by atoms with Gasteiger partial charge < -0.3 is 19.7 Å². The molecule has 3 rings (SSSR count). The van der Waals surface area contributed by atoms with Gasteiger partial charge >= 0.3 is 6.03 Å². The van der Waals surface area contributed by atoms with Crippen LogP contribution in [0.4, 0.5) is 4.79 Å². The standard InChI is InChI=1S/C25H32N4O3/c1-5-15-26-25(30)29(16-6-2)18-22-23(19-11-8-7-9-12-19)27-28(3)24(22)32-21-14-10-13-20(17-21)31-4/h7-14,17H,5-6,15-16,18H2,1-4H3,(H,26,30). The molecular formula is C25H32N4O3. The molecule has 0 aliphatic heterocycles. The van der Waals surface area contributed by atoms with Gasteiger partial charge in [-0.15, -0.1) is 0 Å². The number of urea groups is 1. The van der Waals surface area contributed by atoms with E-state index in [4.69, 9.17) is 14.6 Å². The Balaban J connectivity index is 2.02. The molecule has 3 aromatic rings. The lowest BCUT2D eigenvalue weighted by atomic mass is 10.1. The molecular weight excluding hydrogens is 404 g/mol. The molecule has 0 atom stereocenters. The summed E-state index contributed by atoms with van der Waals surface area (Å²) < 4.78 is 13.3. The van der Waals surface area contributed by atoms with Crippen molar-refractivity contribution in [2.75, 3.05) is 20.2 Å². The smallest absolute Gasteiger partial charge is 0.317 e. The summed E-state index contributed by atoms with van der Waals surface area (Å²) in [6, 6.07) is 17.3. The molecule has 32 heavy (non-hydrogen) atoms. The Morgan fingerprint density at radius 3 is 2.50 bits per heavy atom. The normalized spacial score (nSPS) is 10.6. The van der Waals surface area contributed by atoms with E-state index < -0.39 is 0 Å². The first-order valence-corrected chi connectivity index (χ1v) is 11.0. The minimum absolute atomic E-state index is 0.0797. The van der Waals surface area contributed by atoms with E-state index in [0.29, 0.717) is 37.0 Å². The van der Waals surface area contributed by atoms with Crippen molar-refractivity contribution in [2.24, 2.45) is 7.05 Å². The zero-order valence-electron chi connectivity index (χ0n) is 19.3. The van der Waals surface area contributed by atoms with Gasteiger partial charge in [0.15, 0.2) is 0 Å². The second-order valence-corrected chi connectivity index (χ2v) is 7.56. The fourth-order valence-electron chi connectivity index (χ4n) is 3.48. The molecule has 0 spiro atoms. The molecule has 0 bridgehead atoms. The van der Waals surface area contributed by atoms with Crippen molar-refractivity contribution in [2.45, 2.75) is 33.2 Å². The van der Waals surface area contributed by atoms with Crippen LogP contribution in [0, 0.1) is 0 Å². The van der Waals surface area contributed by atoms with Crippen LogP contribution in [0.25, 0.3) is 11.3 Å². The third kappa shape index (κ3) is 5.60. The number of aryl methyl sites for hydroxylation is 1. The van der Waals surface area contributed by atoms with Gasteiger partial charge in [-0.25, -0.2) is 9.48 Å². The molecule has 1 heterocycles. The Labute approximate surface area is 190 Å². The number of rotatable bonds is 10. The molecule has 0 saturated heterocycles. The molecule has 0 aliphatic rings. The molecule has 0 aliphatic carbocycles. The monoisotopic (exact) mass is 436 g/mol. The van der Waals surface area contributed by atoms with Crippen LogP contribution in [0.2, 0.25) is 0 Å². The molecule has 1 aromatic heterocycles. The summed E-state index contributed by atoms with van der Waals surface area (Å²) in [5, 5.41) is 7.75. The van der Waals surface area contributed by atoms with E-state index in [1.807, 2.05) is 73.5 Å². The number of nitrogens with zero attached hydrogens (tertiary/aromatic N) is 3. The van der Waals surface area contributed by atoms with Gasteiger partial charge in [0.2, 0.25) is 5.88 Å². The molecule has 7 nitrogen and oxygen atoms in total. The van der Waals surface area contributed by atoms with Gasteiger partial charge in [-0.2, -0.15) is 5.10 Å². The minimum atomic E-state index is -0.0797. The molecule has 0 radical (unpaired) electrons. The largest absolute Gasteiger partial charge is 0.497 e. The van der Waals surface area contributed by atoms with Crippen molar-refractivity contribution < 1.29 is 14.3 Å². The summed E-state index contributed by atoms with van der Waals surface area (Å²) in [5.74, 6) is 1.95. The predicted octanol–water partition coefficient (Wildman–Crippen LogP) is 5.22. The molecule has 1 N–H and O–H groups in total. The maximum Gasteiger partial charge on any atom is 0.317 e. The van der Waals surface area contributed by atoms with Crippen molar-refractivity contribution in [3.05, 3.63) is 60.2 Å². The second-order valence-electron chi connectivity index (χ2n) is 7.56. The molecule has 2 aromatic carbocycles. The van der Waals surface area contributed by atoms with Crippen LogP contribution in [0.1, 0.15) is 32.3 Å². The Morgan fingerprint density at radius 2 is 1.81 bits per heavy atom. The molecule has 7 heteroatoms. The van der Waals surface area contributed by atoms with E-state index in [1.165, 1.54) is 0 Å². The highest BCUT2D eigenvalue weighted by molar-refractivity contribution is 5.75. The third-order valence-corrected chi connectivity index (χ3v) is 5.05. The Morgan fingerprint density at radius 1 is 1.06 bits per heavy atom. The van der Waals surface area contributed by atoms with Gasteiger partial charge in [-0.05, 0) is 25.0 Å². The van der Waals surface area contributed by atoms with E-state index in [-0.39, 0.29) is 6.03 Å². The van der Waals surface area contributed by atoms with Crippen LogP contribution in [0.5, 0.6) is 17.4 Å². The first-order chi connectivity index (χ1) is 15.6. The minimum Gasteiger partial charge on any atom is -0.497 e. The molecule has 0 saturated carbocycles. The number of aromatic nitrogens is 2. The second kappa shape index (κ2) is 11.2. The van der Waals surface area contributed by atoms with Gasteiger partial charge in [0, 0.05) is 31.8 Å². The number of methoxy groups -OCH3 is 1. The first kappa shape index (κ1) is 23.2. The van der Waals surface area contributed by atoms with Gasteiger partial charge in [0.05, 0.1) is 19.2 Å². The Bertz CT molecular complexity index is 1020. The SMILES string of the molecule is CCCNC(=O)N(CCC)Cc1c(-c2ccccc2)nn(C)c1Oc1cccc(OC)c1. The van der Waals surface area contributed by atoms with E-state index >= 15 is 0 Å². The summed E-state index contributed by atoms with van der Waals surface area (Å²) in [6.07, 6.45) is 1.74. The zero-order valence-corrected chi connectivity index (χ0v) is 19.3. The van der Waals surface area contributed by atoms with Gasteiger partial charge in [-0.1, -0.05) is 50.2 Å². The average Bonchev–Trinajstić information content (AvgIpc) is 3.12. The van der Waals surface area contributed by atoms with Crippen molar-refractivity contribution in [3.63, 3.8) is 0 Å². The molecule has 2 amide bonds. The van der Waals surface area contributed by atoms with Crippen LogP contribution in [0.15, 0.2) is 54.6 Å². The first-order valence-electron chi connectivity index (χ1n) is 11.0. The fraction of sp³-hybridized carbons (Fsp3) is 0.360. The zero-order chi connectivity index (χ0) is 22.9. The summed E-state index contributed by atoms with van der Waals surface area (Å²) >= 11 is 0. The fourth-order valence-corrected chi connectivity index (χ4v) is 3.48. The van der Waals surface area contributed by atoms with Crippen LogP contribution < -0.4 is 14.8 Å². The summed E-state index contributed by atoms with van der Waals surface area (Å²) in [4.78, 5) is 14.7. The van der Waals surface area contributed by atoms with Crippen molar-refractivity contribution >= 4 is 6.03 Å². The lowest BCUT2D eigenvalue weighted by Gasteiger charge is -2.23. The van der Waals surface area contributed by atoms with Crippen LogP contribution in [0.3, 0.4) is 0 Å². The number of nitrogens with one attached hydrogen (secondary N) is 1. The van der Waals surface area contributed by atoms with Crippen molar-refractivity contribution in [1.82, 2.24) is 20.0 Å². The quantitative estimate of drug-likeness (QED) is 0.473. The van der Waals surface area contributed by atoms with E-state index in [9.17, 15) is 4.79 Å². The summed E-state index contributed by atoms with van der Waals surface area (Å²) in [6.45, 7) is 5.77. The van der Waals surface area contributed by atoms with Crippen LogP contribution in [-0.2, 0) is 13.6 Å². The summed E-state index contributed by atoms with van der Waals surface area (Å²) in [7, 11) is 3.48. The van der Waals surface area contributed by atoms with Crippen molar-refractivity contribution in [3.8, 4) is 28.6 Å². The highest BCUT2D eigenvalue weighted by Gasteiger charge is 2.24. The third-order valence-electron chi connectivity index (χ3n) is 5.05. The molecule has 170 valence electrons. The van der Waals surface area contributed by atoms with Gasteiger partial charge in [0.25, 0.3) is 0 Å². The maximum atomic E-state index is 12.8. The number of carbonyl (C=O) groups excluding carboxylic acids is 1. The molecule has 0 unspecified atom stereocenters. The lowest BCUT2D eigenvalue weighted by Crippen LogP contribution is -2.40.